The lowest BCUT2D eigenvalue weighted by molar-refractivity contribution is -0.122. The highest BCUT2D eigenvalue weighted by Gasteiger charge is 2.38. The maximum absolute atomic E-state index is 12.4. The van der Waals surface area contributed by atoms with E-state index in [1.54, 1.807) is 0 Å². The van der Waals surface area contributed by atoms with Gasteiger partial charge in [-0.25, -0.2) is 0 Å². The van der Waals surface area contributed by atoms with Crippen LogP contribution >= 0.6 is 23.2 Å². The number of fused-ring (bicyclic) bond motifs is 1. The predicted molar refractivity (Wildman–Crippen MR) is 95.9 cm³/mol. The number of nitrogens with zero attached hydrogens (tertiary/aromatic N) is 1. The third kappa shape index (κ3) is 3.40. The van der Waals surface area contributed by atoms with Crippen molar-refractivity contribution in [2.45, 2.75) is 39.2 Å². The summed E-state index contributed by atoms with van der Waals surface area (Å²) in [6.45, 7) is 4.01. The Bertz CT molecular complexity index is 709. The summed E-state index contributed by atoms with van der Waals surface area (Å²) in [7, 11) is 0. The van der Waals surface area contributed by atoms with Crippen LogP contribution in [0.15, 0.2) is 12.1 Å². The molecule has 1 aliphatic carbocycles. The first-order chi connectivity index (χ1) is 11.8. The Balaban J connectivity index is 1.70. The second-order valence-electron chi connectivity index (χ2n) is 6.95. The average molecular weight is 383 g/mol. The van der Waals surface area contributed by atoms with E-state index in [9.17, 15) is 14.4 Å². The molecule has 0 saturated heterocycles. The standard InChI is InChI=1S/C18H20Cl2N2O3/c1-9-4-3-5-15(10(9)2)21-16(23)8-22-17(24)11-6-13(19)14(20)7-12(11)18(22)25/h6-7,9-10,15H,3-5,8H2,1-2H3,(H,21,23)/t9-,10+,15-/m0/s1. The molecule has 5 nitrogen and oxygen atoms in total. The van der Waals surface area contributed by atoms with Gasteiger partial charge in [0.25, 0.3) is 11.8 Å². The summed E-state index contributed by atoms with van der Waals surface area (Å²) in [4.78, 5) is 38.2. The third-order valence-electron chi connectivity index (χ3n) is 5.37. The SMILES string of the molecule is C[C@H]1[C@@H](NC(=O)CN2C(=O)c3cc(Cl)c(Cl)cc3C2=O)CCC[C@@H]1C. The fourth-order valence-electron chi connectivity index (χ4n) is 3.61. The molecule has 0 aromatic heterocycles. The van der Waals surface area contributed by atoms with Crippen molar-refractivity contribution in [3.8, 4) is 0 Å². The van der Waals surface area contributed by atoms with Gasteiger partial charge in [0, 0.05) is 6.04 Å². The van der Waals surface area contributed by atoms with E-state index >= 15 is 0 Å². The van der Waals surface area contributed by atoms with Crippen molar-refractivity contribution in [1.82, 2.24) is 10.2 Å². The van der Waals surface area contributed by atoms with Crippen molar-refractivity contribution in [2.75, 3.05) is 6.54 Å². The lowest BCUT2D eigenvalue weighted by Gasteiger charge is -2.34. The van der Waals surface area contributed by atoms with E-state index < -0.39 is 11.8 Å². The molecule has 0 unspecified atom stereocenters. The molecule has 1 aromatic carbocycles. The fraction of sp³-hybridized carbons (Fsp3) is 0.500. The Morgan fingerprint density at radius 1 is 1.12 bits per heavy atom. The smallest absolute Gasteiger partial charge is 0.262 e. The van der Waals surface area contributed by atoms with Crippen molar-refractivity contribution >= 4 is 40.9 Å². The second-order valence-corrected chi connectivity index (χ2v) is 7.76. The number of imide groups is 1. The van der Waals surface area contributed by atoms with Gasteiger partial charge in [0.1, 0.15) is 6.54 Å². The molecule has 0 spiro atoms. The molecule has 134 valence electrons. The first-order valence-electron chi connectivity index (χ1n) is 8.44. The molecular formula is C18H20Cl2N2O3. The van der Waals surface area contributed by atoms with Crippen LogP contribution in [0.4, 0.5) is 0 Å². The van der Waals surface area contributed by atoms with Crippen LogP contribution in [0.3, 0.4) is 0 Å². The van der Waals surface area contributed by atoms with Gasteiger partial charge in [0.15, 0.2) is 0 Å². The number of benzene rings is 1. The van der Waals surface area contributed by atoms with Gasteiger partial charge < -0.3 is 5.32 Å². The molecule has 1 fully saturated rings. The van der Waals surface area contributed by atoms with E-state index in [1.807, 2.05) is 0 Å². The van der Waals surface area contributed by atoms with Crippen LogP contribution in [0.2, 0.25) is 10.0 Å². The Hall–Kier alpha value is -1.59. The zero-order chi connectivity index (χ0) is 18.3. The highest BCUT2D eigenvalue weighted by molar-refractivity contribution is 6.43. The van der Waals surface area contributed by atoms with Gasteiger partial charge in [-0.1, -0.05) is 49.9 Å². The lowest BCUT2D eigenvalue weighted by atomic mass is 9.78. The van der Waals surface area contributed by atoms with Crippen molar-refractivity contribution in [1.29, 1.82) is 0 Å². The van der Waals surface area contributed by atoms with E-state index in [0.29, 0.717) is 11.8 Å². The second kappa shape index (κ2) is 6.96. The van der Waals surface area contributed by atoms with Gasteiger partial charge >= 0.3 is 0 Å². The molecule has 3 atom stereocenters. The Morgan fingerprint density at radius 3 is 2.24 bits per heavy atom. The average Bonchev–Trinajstić information content (AvgIpc) is 2.77. The minimum atomic E-state index is -0.515. The Morgan fingerprint density at radius 2 is 1.68 bits per heavy atom. The van der Waals surface area contributed by atoms with Crippen LogP contribution in [0, 0.1) is 11.8 Å². The summed E-state index contributed by atoms with van der Waals surface area (Å²) >= 11 is 11.8. The summed E-state index contributed by atoms with van der Waals surface area (Å²) in [6, 6.07) is 2.83. The van der Waals surface area contributed by atoms with E-state index in [0.717, 1.165) is 24.2 Å². The summed E-state index contributed by atoms with van der Waals surface area (Å²) in [5, 5.41) is 3.39. The van der Waals surface area contributed by atoms with E-state index in [4.69, 9.17) is 23.2 Å². The molecule has 25 heavy (non-hydrogen) atoms. The summed E-state index contributed by atoms with van der Waals surface area (Å²) in [6.07, 6.45) is 3.15. The molecule has 1 aromatic rings. The van der Waals surface area contributed by atoms with Crippen LogP contribution in [-0.2, 0) is 4.79 Å². The van der Waals surface area contributed by atoms with Gasteiger partial charge in [-0.05, 0) is 30.4 Å². The van der Waals surface area contributed by atoms with Gasteiger partial charge in [-0.3, -0.25) is 19.3 Å². The summed E-state index contributed by atoms with van der Waals surface area (Å²) in [5.41, 5.74) is 0.374. The van der Waals surface area contributed by atoms with Crippen molar-refractivity contribution in [3.05, 3.63) is 33.3 Å². The molecular weight excluding hydrogens is 363 g/mol. The number of rotatable bonds is 3. The first-order valence-corrected chi connectivity index (χ1v) is 9.19. The van der Waals surface area contributed by atoms with Crippen molar-refractivity contribution < 1.29 is 14.4 Å². The number of hydrogen-bond donors (Lipinski definition) is 1. The molecule has 3 rings (SSSR count). The zero-order valence-electron chi connectivity index (χ0n) is 14.1. The number of halogens is 2. The number of nitrogens with one attached hydrogen (secondary N) is 1. The van der Waals surface area contributed by atoms with Crippen molar-refractivity contribution in [3.63, 3.8) is 0 Å². The van der Waals surface area contributed by atoms with E-state index in [-0.39, 0.29) is 39.7 Å². The minimum Gasteiger partial charge on any atom is -0.352 e. The summed E-state index contributed by atoms with van der Waals surface area (Å²) in [5.74, 6) is -0.435. The molecule has 2 aliphatic rings. The van der Waals surface area contributed by atoms with Gasteiger partial charge in [0.05, 0.1) is 21.2 Å². The van der Waals surface area contributed by atoms with Gasteiger partial charge in [-0.2, -0.15) is 0 Å². The topological polar surface area (TPSA) is 66.5 Å². The molecule has 1 N–H and O–H groups in total. The maximum atomic E-state index is 12.4. The van der Waals surface area contributed by atoms with E-state index in [1.165, 1.54) is 12.1 Å². The largest absolute Gasteiger partial charge is 0.352 e. The number of hydrogen-bond acceptors (Lipinski definition) is 3. The van der Waals surface area contributed by atoms with E-state index in [2.05, 4.69) is 19.2 Å². The quantitative estimate of drug-likeness (QED) is 0.813. The van der Waals surface area contributed by atoms with Crippen LogP contribution in [0.25, 0.3) is 0 Å². The molecule has 0 bridgehead atoms. The van der Waals surface area contributed by atoms with Crippen molar-refractivity contribution in [2.24, 2.45) is 11.8 Å². The number of carbonyl (C=O) groups is 3. The number of carbonyl (C=O) groups excluding carboxylic acids is 3. The lowest BCUT2D eigenvalue weighted by Crippen LogP contribution is -2.48. The highest BCUT2D eigenvalue weighted by atomic mass is 35.5. The predicted octanol–water partition coefficient (Wildman–Crippen LogP) is 3.53. The first kappa shape index (κ1) is 18.2. The monoisotopic (exact) mass is 382 g/mol. The Labute approximate surface area is 156 Å². The molecule has 1 saturated carbocycles. The van der Waals surface area contributed by atoms with Crippen LogP contribution in [0.5, 0.6) is 0 Å². The molecule has 0 radical (unpaired) electrons. The van der Waals surface area contributed by atoms with Gasteiger partial charge in [-0.15, -0.1) is 0 Å². The molecule has 3 amide bonds. The molecule has 1 heterocycles. The maximum Gasteiger partial charge on any atom is 0.262 e. The van der Waals surface area contributed by atoms with Crippen LogP contribution < -0.4 is 5.32 Å². The molecule has 7 heteroatoms. The van der Waals surface area contributed by atoms with Crippen LogP contribution in [0.1, 0.15) is 53.8 Å². The highest BCUT2D eigenvalue weighted by Crippen LogP contribution is 2.32. The molecule has 1 aliphatic heterocycles. The Kier molecular flexibility index (Phi) is 5.07. The minimum absolute atomic E-state index is 0.0790. The summed E-state index contributed by atoms with van der Waals surface area (Å²) < 4.78 is 0. The normalized spacial score (nSPS) is 25.9. The zero-order valence-corrected chi connectivity index (χ0v) is 15.7. The van der Waals surface area contributed by atoms with Crippen LogP contribution in [-0.4, -0.2) is 35.2 Å². The number of amides is 3. The fourth-order valence-corrected chi connectivity index (χ4v) is 3.94. The van der Waals surface area contributed by atoms with Gasteiger partial charge in [0.2, 0.25) is 5.91 Å². The third-order valence-corrected chi connectivity index (χ3v) is 6.09.